The summed E-state index contributed by atoms with van der Waals surface area (Å²) in [5, 5.41) is 9.65. The van der Waals surface area contributed by atoms with Crippen molar-refractivity contribution in [2.24, 2.45) is 5.92 Å². The molecule has 25 heavy (non-hydrogen) atoms. The average Bonchev–Trinajstić information content (AvgIpc) is 2.60. The molecule has 0 aromatic heterocycles. The Morgan fingerprint density at radius 1 is 1.24 bits per heavy atom. The highest BCUT2D eigenvalue weighted by molar-refractivity contribution is 5.76. The van der Waals surface area contributed by atoms with Crippen molar-refractivity contribution in [1.29, 1.82) is 0 Å². The zero-order chi connectivity index (χ0) is 17.6. The van der Waals surface area contributed by atoms with Gasteiger partial charge < -0.3 is 19.3 Å². The Morgan fingerprint density at radius 2 is 2.08 bits per heavy atom. The molecule has 0 amide bonds. The van der Waals surface area contributed by atoms with Gasteiger partial charge in [0.25, 0.3) is 0 Å². The third kappa shape index (κ3) is 2.87. The molecule has 0 spiro atoms. The van der Waals surface area contributed by atoms with E-state index in [-0.39, 0.29) is 23.4 Å². The highest BCUT2D eigenvalue weighted by Gasteiger charge is 2.36. The summed E-state index contributed by atoms with van der Waals surface area (Å²) in [4.78, 5) is 0. The molecule has 4 rings (SSSR count). The highest BCUT2D eigenvalue weighted by Crippen LogP contribution is 2.41. The zero-order valence-corrected chi connectivity index (χ0v) is 14.7. The monoisotopic (exact) mass is 338 g/mol. The molecule has 0 unspecified atom stereocenters. The van der Waals surface area contributed by atoms with E-state index >= 15 is 0 Å². The maximum atomic E-state index is 9.65. The van der Waals surface area contributed by atoms with Gasteiger partial charge in [-0.05, 0) is 32.1 Å². The lowest BCUT2D eigenvalue weighted by molar-refractivity contribution is -0.0500. The molecule has 2 heterocycles. The van der Waals surface area contributed by atoms with Crippen molar-refractivity contribution in [3.8, 4) is 11.5 Å². The summed E-state index contributed by atoms with van der Waals surface area (Å²) in [6.07, 6.45) is 10.6. The van der Waals surface area contributed by atoms with Gasteiger partial charge in [0, 0.05) is 22.8 Å². The zero-order valence-electron chi connectivity index (χ0n) is 14.7. The van der Waals surface area contributed by atoms with Crippen LogP contribution in [-0.4, -0.2) is 30.5 Å². The maximum absolute atomic E-state index is 9.65. The first kappa shape index (κ1) is 16.0. The van der Waals surface area contributed by atoms with Crippen molar-refractivity contribution in [2.45, 2.75) is 25.6 Å². The predicted octanol–water partition coefficient (Wildman–Crippen LogP) is 3.99. The molecule has 1 aromatic rings. The second kappa shape index (κ2) is 5.81. The summed E-state index contributed by atoms with van der Waals surface area (Å²) in [6.45, 7) is 4.59. The quantitative estimate of drug-likeness (QED) is 0.829. The minimum absolute atomic E-state index is 0.0110. The van der Waals surface area contributed by atoms with Gasteiger partial charge in [0.2, 0.25) is 0 Å². The fourth-order valence-electron chi connectivity index (χ4n) is 3.56. The van der Waals surface area contributed by atoms with E-state index < -0.39 is 0 Å². The van der Waals surface area contributed by atoms with E-state index in [0.29, 0.717) is 12.4 Å². The Hall–Kier alpha value is -2.46. The van der Waals surface area contributed by atoms with Gasteiger partial charge in [-0.15, -0.1) is 0 Å². The molecule has 0 radical (unpaired) electrons. The van der Waals surface area contributed by atoms with Crippen molar-refractivity contribution in [3.05, 3.63) is 65.5 Å². The van der Waals surface area contributed by atoms with E-state index in [9.17, 15) is 5.11 Å². The Labute approximate surface area is 147 Å². The smallest absolute Gasteiger partial charge is 0.130 e. The fraction of sp³-hybridized carbons (Fsp3) is 0.333. The topological polar surface area (TPSA) is 47.9 Å². The molecule has 0 bridgehead atoms. The molecule has 3 aliphatic rings. The number of ether oxygens (including phenoxy) is 3. The number of phenolic OH excluding ortho intramolecular Hbond substituents is 1. The van der Waals surface area contributed by atoms with E-state index in [1.807, 2.05) is 6.07 Å². The van der Waals surface area contributed by atoms with Crippen LogP contribution in [0.15, 0.2) is 59.9 Å². The molecular weight excluding hydrogens is 316 g/mol. The van der Waals surface area contributed by atoms with Crippen LogP contribution in [0, 0.1) is 5.92 Å². The van der Waals surface area contributed by atoms with Crippen LogP contribution < -0.4 is 4.74 Å². The summed E-state index contributed by atoms with van der Waals surface area (Å²) in [6, 6.07) is 5.14. The number of methoxy groups -OCH3 is 1. The second-order valence-electron chi connectivity index (χ2n) is 7.09. The van der Waals surface area contributed by atoms with Crippen molar-refractivity contribution >= 4 is 5.57 Å². The van der Waals surface area contributed by atoms with Gasteiger partial charge in [-0.2, -0.15) is 0 Å². The van der Waals surface area contributed by atoms with Crippen LogP contribution in [0.1, 0.15) is 19.4 Å². The standard InChI is InChI=1S/C21H22O4/c1-21(2)9-8-17-18(25-21)7-4-13-10-14(12-24-20(13)17)16-6-5-15(22)11-19(16)23-3/h4-11,17-18,22H,12H2,1-3H3/t17-,18+/m0/s1. The lowest BCUT2D eigenvalue weighted by Gasteiger charge is -2.39. The normalized spacial score (nSPS) is 26.4. The van der Waals surface area contributed by atoms with E-state index in [1.54, 1.807) is 19.2 Å². The molecule has 0 saturated carbocycles. The lowest BCUT2D eigenvalue weighted by atomic mass is 9.84. The molecule has 1 N–H and O–H groups in total. The third-order valence-corrected chi connectivity index (χ3v) is 4.80. The molecular formula is C21H22O4. The lowest BCUT2D eigenvalue weighted by Crippen LogP contribution is -2.39. The molecule has 1 aromatic carbocycles. The van der Waals surface area contributed by atoms with Crippen LogP contribution in [-0.2, 0) is 9.47 Å². The summed E-state index contributed by atoms with van der Waals surface area (Å²) in [5.41, 5.74) is 2.77. The number of hydrogen-bond acceptors (Lipinski definition) is 4. The van der Waals surface area contributed by atoms with E-state index in [1.165, 1.54) is 0 Å². The molecule has 0 fully saturated rings. The molecule has 130 valence electrons. The number of allylic oxidation sites excluding steroid dienone is 3. The number of aromatic hydroxyl groups is 1. The molecule has 1 aliphatic carbocycles. The summed E-state index contributed by atoms with van der Waals surface area (Å²) >= 11 is 0. The van der Waals surface area contributed by atoms with Crippen LogP contribution in [0.3, 0.4) is 0 Å². The first-order valence-electron chi connectivity index (χ1n) is 8.47. The van der Waals surface area contributed by atoms with Gasteiger partial charge in [-0.25, -0.2) is 0 Å². The molecule has 2 aliphatic heterocycles. The predicted molar refractivity (Wildman–Crippen MR) is 96.3 cm³/mol. The summed E-state index contributed by atoms with van der Waals surface area (Å²) < 4.78 is 17.7. The molecule has 2 atom stereocenters. The van der Waals surface area contributed by atoms with Crippen LogP contribution in [0.4, 0.5) is 0 Å². The number of fused-ring (bicyclic) bond motifs is 2. The number of phenols is 1. The van der Waals surface area contributed by atoms with E-state index in [2.05, 4.69) is 44.2 Å². The minimum atomic E-state index is -0.251. The second-order valence-corrected chi connectivity index (χ2v) is 7.09. The number of rotatable bonds is 2. The van der Waals surface area contributed by atoms with Gasteiger partial charge in [-0.1, -0.05) is 24.3 Å². The first-order valence-corrected chi connectivity index (χ1v) is 8.47. The van der Waals surface area contributed by atoms with Gasteiger partial charge in [-0.3, -0.25) is 0 Å². The molecule has 4 heteroatoms. The third-order valence-electron chi connectivity index (χ3n) is 4.80. The largest absolute Gasteiger partial charge is 0.508 e. The van der Waals surface area contributed by atoms with E-state index in [0.717, 1.165) is 22.5 Å². The minimum Gasteiger partial charge on any atom is -0.508 e. The van der Waals surface area contributed by atoms with Crippen LogP contribution in [0.25, 0.3) is 5.57 Å². The van der Waals surface area contributed by atoms with Crippen molar-refractivity contribution in [2.75, 3.05) is 13.7 Å². The Balaban J connectivity index is 1.70. The van der Waals surface area contributed by atoms with Gasteiger partial charge in [0.1, 0.15) is 23.9 Å². The van der Waals surface area contributed by atoms with Crippen molar-refractivity contribution in [3.63, 3.8) is 0 Å². The first-order chi connectivity index (χ1) is 12.0. The van der Waals surface area contributed by atoms with Crippen molar-refractivity contribution in [1.82, 2.24) is 0 Å². The Morgan fingerprint density at radius 3 is 2.88 bits per heavy atom. The average molecular weight is 338 g/mol. The fourth-order valence-corrected chi connectivity index (χ4v) is 3.56. The SMILES string of the molecule is COc1cc(O)ccc1C1=CC2=C(OC1)[C@H]1C=CC(C)(C)O[C@@H]1C=C2. The van der Waals surface area contributed by atoms with Crippen LogP contribution in [0.2, 0.25) is 0 Å². The number of benzene rings is 1. The van der Waals surface area contributed by atoms with Crippen LogP contribution >= 0.6 is 0 Å². The number of hydrogen-bond donors (Lipinski definition) is 1. The van der Waals surface area contributed by atoms with Gasteiger partial charge in [0.15, 0.2) is 0 Å². The van der Waals surface area contributed by atoms with Gasteiger partial charge >= 0.3 is 0 Å². The molecule has 4 nitrogen and oxygen atoms in total. The molecule has 0 saturated heterocycles. The summed E-state index contributed by atoms with van der Waals surface area (Å²) in [5.74, 6) is 1.90. The van der Waals surface area contributed by atoms with Gasteiger partial charge in [0.05, 0.1) is 24.7 Å². The Bertz CT molecular complexity index is 826. The highest BCUT2D eigenvalue weighted by atomic mass is 16.5. The van der Waals surface area contributed by atoms with E-state index in [4.69, 9.17) is 14.2 Å². The van der Waals surface area contributed by atoms with Crippen LogP contribution in [0.5, 0.6) is 11.5 Å². The maximum Gasteiger partial charge on any atom is 0.130 e. The Kier molecular flexibility index (Phi) is 3.73. The van der Waals surface area contributed by atoms with Crippen molar-refractivity contribution < 1.29 is 19.3 Å². The summed E-state index contributed by atoms with van der Waals surface area (Å²) in [7, 11) is 1.60.